The third-order valence-electron chi connectivity index (χ3n) is 2.72. The fraction of sp³-hybridized carbons (Fsp3) is 0.500. The topological polar surface area (TPSA) is 21.3 Å². The molecule has 2 heteroatoms. The molecule has 0 aliphatic heterocycles. The van der Waals surface area contributed by atoms with Crippen molar-refractivity contribution >= 4 is 0 Å². The standard InChI is InChI=1S/C16H23NO/c1-5-8-15(6-2)17-12-14-9-7-10-16(11-14)18-13(3)4/h1,7,9-11,13,15,17H,6,8,12H2,2-4H3. The minimum Gasteiger partial charge on any atom is -0.491 e. The van der Waals surface area contributed by atoms with Crippen LogP contribution in [-0.2, 0) is 6.54 Å². The van der Waals surface area contributed by atoms with Crippen molar-refractivity contribution in [2.24, 2.45) is 0 Å². The van der Waals surface area contributed by atoms with E-state index < -0.39 is 0 Å². The summed E-state index contributed by atoms with van der Waals surface area (Å²) >= 11 is 0. The molecule has 2 nitrogen and oxygen atoms in total. The SMILES string of the molecule is C#CCC(CC)NCc1cccc(OC(C)C)c1. The molecule has 1 unspecified atom stereocenters. The van der Waals surface area contributed by atoms with E-state index in [9.17, 15) is 0 Å². The molecule has 1 rings (SSSR count). The van der Waals surface area contributed by atoms with Gasteiger partial charge in [0.25, 0.3) is 0 Å². The maximum Gasteiger partial charge on any atom is 0.120 e. The van der Waals surface area contributed by atoms with E-state index in [1.165, 1.54) is 5.56 Å². The zero-order chi connectivity index (χ0) is 13.4. The number of hydrogen-bond donors (Lipinski definition) is 1. The van der Waals surface area contributed by atoms with Crippen molar-refractivity contribution in [2.45, 2.75) is 52.3 Å². The number of nitrogens with one attached hydrogen (secondary N) is 1. The van der Waals surface area contributed by atoms with E-state index in [1.807, 2.05) is 26.0 Å². The highest BCUT2D eigenvalue weighted by atomic mass is 16.5. The van der Waals surface area contributed by atoms with E-state index in [2.05, 4.69) is 30.3 Å². The molecule has 0 bridgehead atoms. The highest BCUT2D eigenvalue weighted by Gasteiger charge is 2.04. The highest BCUT2D eigenvalue weighted by Crippen LogP contribution is 2.15. The maximum atomic E-state index is 5.68. The van der Waals surface area contributed by atoms with Gasteiger partial charge in [-0.15, -0.1) is 12.3 Å². The van der Waals surface area contributed by atoms with Crippen molar-refractivity contribution in [3.05, 3.63) is 29.8 Å². The van der Waals surface area contributed by atoms with Crippen molar-refractivity contribution in [3.63, 3.8) is 0 Å². The molecule has 0 spiro atoms. The van der Waals surface area contributed by atoms with Crippen LogP contribution in [0.1, 0.15) is 39.2 Å². The minimum absolute atomic E-state index is 0.207. The van der Waals surface area contributed by atoms with Gasteiger partial charge in [0.1, 0.15) is 5.75 Å². The van der Waals surface area contributed by atoms with E-state index in [0.717, 1.165) is 25.1 Å². The second-order valence-corrected chi connectivity index (χ2v) is 4.71. The van der Waals surface area contributed by atoms with Gasteiger partial charge in [0.2, 0.25) is 0 Å². The van der Waals surface area contributed by atoms with Crippen molar-refractivity contribution in [1.29, 1.82) is 0 Å². The molecule has 0 aromatic heterocycles. The molecule has 0 saturated heterocycles. The Morgan fingerprint density at radius 3 is 2.78 bits per heavy atom. The summed E-state index contributed by atoms with van der Waals surface area (Å²) < 4.78 is 5.68. The molecule has 0 saturated carbocycles. The number of hydrogen-bond acceptors (Lipinski definition) is 2. The monoisotopic (exact) mass is 245 g/mol. The molecule has 98 valence electrons. The Labute approximate surface area is 111 Å². The first-order valence-electron chi connectivity index (χ1n) is 6.58. The first-order chi connectivity index (χ1) is 8.65. The predicted octanol–water partition coefficient (Wildman–Crippen LogP) is 3.37. The van der Waals surface area contributed by atoms with E-state index in [-0.39, 0.29) is 6.10 Å². The van der Waals surface area contributed by atoms with Gasteiger partial charge in [-0.2, -0.15) is 0 Å². The molecule has 1 aromatic carbocycles. The summed E-state index contributed by atoms with van der Waals surface area (Å²) in [5, 5.41) is 3.47. The van der Waals surface area contributed by atoms with Gasteiger partial charge in [-0.3, -0.25) is 0 Å². The molecule has 1 aromatic rings. The van der Waals surface area contributed by atoms with Crippen LogP contribution in [0, 0.1) is 12.3 Å². The van der Waals surface area contributed by atoms with Crippen LogP contribution in [0.2, 0.25) is 0 Å². The first-order valence-corrected chi connectivity index (χ1v) is 6.58. The molecule has 18 heavy (non-hydrogen) atoms. The summed E-state index contributed by atoms with van der Waals surface area (Å²) in [4.78, 5) is 0. The largest absolute Gasteiger partial charge is 0.491 e. The normalized spacial score (nSPS) is 12.2. The van der Waals surface area contributed by atoms with Crippen molar-refractivity contribution in [1.82, 2.24) is 5.32 Å². The van der Waals surface area contributed by atoms with Crippen LogP contribution in [0.4, 0.5) is 0 Å². The Morgan fingerprint density at radius 2 is 2.17 bits per heavy atom. The number of terminal acetylenes is 1. The van der Waals surface area contributed by atoms with Gasteiger partial charge in [0, 0.05) is 19.0 Å². The average molecular weight is 245 g/mol. The van der Waals surface area contributed by atoms with Crippen molar-refractivity contribution in [3.8, 4) is 18.1 Å². The zero-order valence-corrected chi connectivity index (χ0v) is 11.6. The summed E-state index contributed by atoms with van der Waals surface area (Å²) in [6.07, 6.45) is 7.37. The van der Waals surface area contributed by atoms with Gasteiger partial charge in [-0.25, -0.2) is 0 Å². The van der Waals surface area contributed by atoms with Gasteiger partial charge < -0.3 is 10.1 Å². The molecule has 0 aliphatic carbocycles. The fourth-order valence-electron chi connectivity index (χ4n) is 1.77. The van der Waals surface area contributed by atoms with Crippen molar-refractivity contribution < 1.29 is 4.74 Å². The lowest BCUT2D eigenvalue weighted by Gasteiger charge is -2.15. The Hall–Kier alpha value is -1.46. The molecule has 1 atom stereocenters. The third-order valence-corrected chi connectivity index (χ3v) is 2.72. The Morgan fingerprint density at radius 1 is 1.39 bits per heavy atom. The number of ether oxygens (including phenoxy) is 1. The van der Waals surface area contributed by atoms with Crippen LogP contribution in [0.5, 0.6) is 5.75 Å². The second kappa shape index (κ2) is 7.79. The Balaban J connectivity index is 2.54. The molecule has 0 radical (unpaired) electrons. The summed E-state index contributed by atoms with van der Waals surface area (Å²) in [6.45, 7) is 7.04. The molecular formula is C16H23NO. The van der Waals surface area contributed by atoms with Crippen LogP contribution in [0.3, 0.4) is 0 Å². The Bertz CT molecular complexity index is 392. The van der Waals surface area contributed by atoms with Gasteiger partial charge in [0.15, 0.2) is 0 Å². The second-order valence-electron chi connectivity index (χ2n) is 4.71. The summed E-state index contributed by atoms with van der Waals surface area (Å²) in [5.41, 5.74) is 1.23. The number of benzene rings is 1. The highest BCUT2D eigenvalue weighted by molar-refractivity contribution is 5.28. The molecule has 0 heterocycles. The van der Waals surface area contributed by atoms with Crippen molar-refractivity contribution in [2.75, 3.05) is 0 Å². The van der Waals surface area contributed by atoms with Gasteiger partial charge >= 0.3 is 0 Å². The average Bonchev–Trinajstić information content (AvgIpc) is 2.34. The van der Waals surface area contributed by atoms with E-state index >= 15 is 0 Å². The molecule has 0 fully saturated rings. The predicted molar refractivity (Wildman–Crippen MR) is 76.6 cm³/mol. The zero-order valence-electron chi connectivity index (χ0n) is 11.6. The van der Waals surface area contributed by atoms with Crippen LogP contribution in [0.25, 0.3) is 0 Å². The van der Waals surface area contributed by atoms with Crippen LogP contribution in [0.15, 0.2) is 24.3 Å². The fourth-order valence-corrected chi connectivity index (χ4v) is 1.77. The van der Waals surface area contributed by atoms with Crippen LogP contribution in [-0.4, -0.2) is 12.1 Å². The summed E-state index contributed by atoms with van der Waals surface area (Å²) in [5.74, 6) is 3.63. The van der Waals surface area contributed by atoms with Gasteiger partial charge in [-0.05, 0) is 38.0 Å². The minimum atomic E-state index is 0.207. The Kier molecular flexibility index (Phi) is 6.32. The van der Waals surface area contributed by atoms with Gasteiger partial charge in [-0.1, -0.05) is 19.1 Å². The van der Waals surface area contributed by atoms with Crippen LogP contribution >= 0.6 is 0 Å². The molecule has 0 aliphatic rings. The van der Waals surface area contributed by atoms with Gasteiger partial charge in [0.05, 0.1) is 6.10 Å². The quantitative estimate of drug-likeness (QED) is 0.744. The molecule has 0 amide bonds. The lowest BCUT2D eigenvalue weighted by atomic mass is 10.1. The molecular weight excluding hydrogens is 222 g/mol. The summed E-state index contributed by atoms with van der Waals surface area (Å²) in [6, 6.07) is 8.59. The lowest BCUT2D eigenvalue weighted by molar-refractivity contribution is 0.242. The maximum absolute atomic E-state index is 5.68. The van der Waals surface area contributed by atoms with E-state index in [4.69, 9.17) is 11.2 Å². The number of rotatable bonds is 7. The van der Waals surface area contributed by atoms with E-state index in [1.54, 1.807) is 0 Å². The van der Waals surface area contributed by atoms with E-state index in [0.29, 0.717) is 6.04 Å². The third kappa shape index (κ3) is 5.25. The van der Waals surface area contributed by atoms with Crippen LogP contribution < -0.4 is 10.1 Å². The smallest absolute Gasteiger partial charge is 0.120 e. The first kappa shape index (κ1) is 14.6. The lowest BCUT2D eigenvalue weighted by Crippen LogP contribution is -2.27. The molecule has 1 N–H and O–H groups in total. The summed E-state index contributed by atoms with van der Waals surface area (Å²) in [7, 11) is 0.